The van der Waals surface area contributed by atoms with Gasteiger partial charge in [0, 0.05) is 12.1 Å². The summed E-state index contributed by atoms with van der Waals surface area (Å²) in [4.78, 5) is 29.4. The number of alkyl halides is 2. The SMILES string of the molecule is O=C(NCc1ccc(OC(F)F)cc1)c1ccc2c(=O)[nH]c(=S)[nH]c2c1. The molecule has 3 rings (SSSR count). The molecular weight excluding hydrogens is 364 g/mol. The smallest absolute Gasteiger partial charge is 0.387 e. The number of hydrogen-bond acceptors (Lipinski definition) is 4. The molecule has 0 bridgehead atoms. The summed E-state index contributed by atoms with van der Waals surface area (Å²) in [6.45, 7) is -2.68. The Morgan fingerprint density at radius 3 is 2.58 bits per heavy atom. The number of carbonyl (C=O) groups excluding carboxylic acids is 1. The quantitative estimate of drug-likeness (QED) is 0.596. The van der Waals surface area contributed by atoms with E-state index in [2.05, 4.69) is 20.0 Å². The Morgan fingerprint density at radius 2 is 1.88 bits per heavy atom. The van der Waals surface area contributed by atoms with Crippen molar-refractivity contribution in [3.05, 3.63) is 68.7 Å². The third kappa shape index (κ3) is 4.12. The second kappa shape index (κ2) is 7.44. The molecule has 0 aliphatic carbocycles. The van der Waals surface area contributed by atoms with Crippen molar-refractivity contribution >= 4 is 29.0 Å². The lowest BCUT2D eigenvalue weighted by molar-refractivity contribution is -0.0498. The van der Waals surface area contributed by atoms with Gasteiger partial charge in [0.05, 0.1) is 10.9 Å². The number of amides is 1. The van der Waals surface area contributed by atoms with E-state index in [9.17, 15) is 18.4 Å². The summed E-state index contributed by atoms with van der Waals surface area (Å²) in [6, 6.07) is 10.6. The van der Waals surface area contributed by atoms with E-state index in [1.807, 2.05) is 0 Å². The second-order valence-electron chi connectivity index (χ2n) is 5.37. The lowest BCUT2D eigenvalue weighted by atomic mass is 10.1. The van der Waals surface area contributed by atoms with Crippen LogP contribution in [-0.2, 0) is 6.54 Å². The molecule has 0 spiro atoms. The number of aromatic amines is 2. The fourth-order valence-corrected chi connectivity index (χ4v) is 2.59. The van der Waals surface area contributed by atoms with Crippen molar-refractivity contribution < 1.29 is 18.3 Å². The highest BCUT2D eigenvalue weighted by Crippen LogP contribution is 2.15. The minimum absolute atomic E-state index is 0.0464. The molecule has 1 amide bonds. The van der Waals surface area contributed by atoms with Crippen LogP contribution in [0.25, 0.3) is 10.9 Å². The van der Waals surface area contributed by atoms with Gasteiger partial charge in [0.2, 0.25) is 0 Å². The van der Waals surface area contributed by atoms with Crippen molar-refractivity contribution in [3.63, 3.8) is 0 Å². The predicted molar refractivity (Wildman–Crippen MR) is 94.0 cm³/mol. The van der Waals surface area contributed by atoms with Crippen LogP contribution in [0.4, 0.5) is 8.78 Å². The molecule has 0 saturated heterocycles. The van der Waals surface area contributed by atoms with Crippen LogP contribution in [0.15, 0.2) is 47.3 Å². The molecule has 3 aromatic rings. The molecule has 9 heteroatoms. The Hall–Kier alpha value is -3.07. The lowest BCUT2D eigenvalue weighted by Crippen LogP contribution is -2.23. The largest absolute Gasteiger partial charge is 0.435 e. The van der Waals surface area contributed by atoms with Gasteiger partial charge in [0.1, 0.15) is 5.75 Å². The monoisotopic (exact) mass is 377 g/mol. The van der Waals surface area contributed by atoms with E-state index in [0.717, 1.165) is 5.56 Å². The summed E-state index contributed by atoms with van der Waals surface area (Å²) in [5.41, 5.74) is 1.20. The van der Waals surface area contributed by atoms with Crippen LogP contribution in [0.2, 0.25) is 0 Å². The molecule has 3 N–H and O–H groups in total. The number of hydrogen-bond donors (Lipinski definition) is 3. The van der Waals surface area contributed by atoms with Crippen molar-refractivity contribution in [2.75, 3.05) is 0 Å². The van der Waals surface area contributed by atoms with Crippen LogP contribution in [0.3, 0.4) is 0 Å². The van der Waals surface area contributed by atoms with Gasteiger partial charge in [-0.1, -0.05) is 12.1 Å². The van der Waals surface area contributed by atoms with Crippen LogP contribution >= 0.6 is 12.2 Å². The number of nitrogens with one attached hydrogen (secondary N) is 3. The summed E-state index contributed by atoms with van der Waals surface area (Å²) in [6.07, 6.45) is 0. The summed E-state index contributed by atoms with van der Waals surface area (Å²) in [7, 11) is 0. The normalized spacial score (nSPS) is 10.9. The van der Waals surface area contributed by atoms with Gasteiger partial charge in [0.25, 0.3) is 11.5 Å². The molecule has 0 radical (unpaired) electrons. The van der Waals surface area contributed by atoms with Gasteiger partial charge < -0.3 is 15.0 Å². The molecule has 0 unspecified atom stereocenters. The number of carbonyl (C=O) groups is 1. The fourth-order valence-electron chi connectivity index (χ4n) is 2.38. The van der Waals surface area contributed by atoms with Crippen molar-refractivity contribution in [1.29, 1.82) is 0 Å². The van der Waals surface area contributed by atoms with Crippen LogP contribution in [0, 0.1) is 4.77 Å². The van der Waals surface area contributed by atoms with Gasteiger partial charge in [-0.25, -0.2) is 0 Å². The summed E-state index contributed by atoms with van der Waals surface area (Å²) >= 11 is 4.92. The van der Waals surface area contributed by atoms with E-state index in [4.69, 9.17) is 12.2 Å². The highest BCUT2D eigenvalue weighted by molar-refractivity contribution is 7.71. The van der Waals surface area contributed by atoms with E-state index < -0.39 is 6.61 Å². The molecule has 0 saturated carbocycles. The van der Waals surface area contributed by atoms with E-state index in [-0.39, 0.29) is 28.5 Å². The molecule has 1 aromatic heterocycles. The van der Waals surface area contributed by atoms with Gasteiger partial charge in [0.15, 0.2) is 4.77 Å². The first-order valence-electron chi connectivity index (χ1n) is 7.51. The Balaban J connectivity index is 1.71. The molecule has 0 fully saturated rings. The fraction of sp³-hybridized carbons (Fsp3) is 0.118. The number of aromatic nitrogens is 2. The predicted octanol–water partition coefficient (Wildman–Crippen LogP) is 3.12. The maximum Gasteiger partial charge on any atom is 0.387 e. The lowest BCUT2D eigenvalue weighted by Gasteiger charge is -2.08. The second-order valence-corrected chi connectivity index (χ2v) is 5.78. The number of ether oxygens (including phenoxy) is 1. The molecule has 6 nitrogen and oxygen atoms in total. The summed E-state index contributed by atoms with van der Waals surface area (Å²) in [5.74, 6) is -0.301. The van der Waals surface area contributed by atoms with Gasteiger partial charge in [-0.05, 0) is 48.1 Å². The zero-order valence-corrected chi connectivity index (χ0v) is 14.0. The van der Waals surface area contributed by atoms with E-state index >= 15 is 0 Å². The Labute approximate surface area is 150 Å². The molecule has 1 heterocycles. The third-order valence-corrected chi connectivity index (χ3v) is 3.81. The van der Waals surface area contributed by atoms with Crippen molar-refractivity contribution in [1.82, 2.24) is 15.3 Å². The average molecular weight is 377 g/mol. The Kier molecular flexibility index (Phi) is 5.08. The molecule has 2 aromatic carbocycles. The number of H-pyrrole nitrogens is 2. The summed E-state index contributed by atoms with van der Waals surface area (Å²) < 4.78 is 28.7. The van der Waals surface area contributed by atoms with Gasteiger partial charge >= 0.3 is 6.61 Å². The zero-order chi connectivity index (χ0) is 18.7. The number of halogens is 2. The third-order valence-electron chi connectivity index (χ3n) is 3.60. The Morgan fingerprint density at radius 1 is 1.15 bits per heavy atom. The maximum absolute atomic E-state index is 12.3. The number of benzene rings is 2. The van der Waals surface area contributed by atoms with Crippen molar-refractivity contribution in [2.24, 2.45) is 0 Å². The Bertz CT molecular complexity index is 1060. The first-order valence-corrected chi connectivity index (χ1v) is 7.91. The average Bonchev–Trinajstić information content (AvgIpc) is 2.59. The van der Waals surface area contributed by atoms with Crippen LogP contribution in [0.5, 0.6) is 5.75 Å². The molecule has 134 valence electrons. The standard InChI is InChI=1S/C17H13F2N3O3S/c18-16(19)25-11-4-1-9(2-5-11)8-20-14(23)10-3-6-12-13(7-10)21-17(26)22-15(12)24/h1-7,16H,8H2,(H,20,23)(H2,21,22,24,26). The maximum atomic E-state index is 12.3. The van der Waals surface area contributed by atoms with E-state index in [1.54, 1.807) is 12.1 Å². The van der Waals surface area contributed by atoms with Crippen molar-refractivity contribution in [3.8, 4) is 5.75 Å². The van der Waals surface area contributed by atoms with Gasteiger partial charge in [-0.3, -0.25) is 14.6 Å². The summed E-state index contributed by atoms with van der Waals surface area (Å²) in [5, 5.41) is 3.11. The molecule has 0 aliphatic rings. The topological polar surface area (TPSA) is 87.0 Å². The number of rotatable bonds is 5. The van der Waals surface area contributed by atoms with Crippen molar-refractivity contribution in [2.45, 2.75) is 13.2 Å². The van der Waals surface area contributed by atoms with Gasteiger partial charge in [-0.15, -0.1) is 0 Å². The highest BCUT2D eigenvalue weighted by Gasteiger charge is 2.09. The molecule has 26 heavy (non-hydrogen) atoms. The highest BCUT2D eigenvalue weighted by atomic mass is 32.1. The molecule has 0 aliphatic heterocycles. The van der Waals surface area contributed by atoms with E-state index in [1.165, 1.54) is 30.3 Å². The van der Waals surface area contributed by atoms with E-state index in [0.29, 0.717) is 16.5 Å². The van der Waals surface area contributed by atoms with Crippen LogP contribution in [-0.4, -0.2) is 22.5 Å². The molecule has 0 atom stereocenters. The first-order chi connectivity index (χ1) is 12.4. The molecular formula is C17H13F2N3O3S. The first kappa shape index (κ1) is 17.7. The van der Waals surface area contributed by atoms with Crippen LogP contribution < -0.4 is 15.6 Å². The van der Waals surface area contributed by atoms with Gasteiger partial charge in [-0.2, -0.15) is 8.78 Å². The zero-order valence-electron chi connectivity index (χ0n) is 13.2. The number of fused-ring (bicyclic) bond motifs is 1. The minimum Gasteiger partial charge on any atom is -0.435 e. The minimum atomic E-state index is -2.88. The van der Waals surface area contributed by atoms with Crippen LogP contribution in [0.1, 0.15) is 15.9 Å².